The first-order chi connectivity index (χ1) is 10.1. The zero-order valence-electron chi connectivity index (χ0n) is 12.3. The summed E-state index contributed by atoms with van der Waals surface area (Å²) in [6.07, 6.45) is -0.574. The van der Waals surface area contributed by atoms with Crippen LogP contribution in [-0.4, -0.2) is 50.7 Å². The highest BCUT2D eigenvalue weighted by Gasteiger charge is 2.16. The maximum absolute atomic E-state index is 9.98. The highest BCUT2D eigenvalue weighted by molar-refractivity contribution is 7.99. The summed E-state index contributed by atoms with van der Waals surface area (Å²) in [5, 5.41) is 9.98. The van der Waals surface area contributed by atoms with Gasteiger partial charge in [0.15, 0.2) is 0 Å². The van der Waals surface area contributed by atoms with E-state index in [-0.39, 0.29) is 0 Å². The summed E-state index contributed by atoms with van der Waals surface area (Å²) >= 11 is 2.02. The van der Waals surface area contributed by atoms with Crippen LogP contribution < -0.4 is 5.73 Å². The van der Waals surface area contributed by atoms with Gasteiger partial charge in [-0.05, 0) is 25.1 Å². The van der Waals surface area contributed by atoms with Crippen LogP contribution in [0.25, 0.3) is 11.0 Å². The molecule has 0 aliphatic carbocycles. The van der Waals surface area contributed by atoms with Crippen molar-refractivity contribution in [1.29, 1.82) is 0 Å². The predicted molar refractivity (Wildman–Crippen MR) is 88.5 cm³/mol. The van der Waals surface area contributed by atoms with Gasteiger partial charge in [0, 0.05) is 43.4 Å². The first kappa shape index (κ1) is 14.7. The molecule has 1 aliphatic rings. The Hall–Kier alpha value is -1.24. The van der Waals surface area contributed by atoms with E-state index in [0.29, 0.717) is 5.69 Å². The maximum atomic E-state index is 9.98. The van der Waals surface area contributed by atoms with E-state index >= 15 is 0 Å². The van der Waals surface area contributed by atoms with Gasteiger partial charge in [-0.15, -0.1) is 0 Å². The van der Waals surface area contributed by atoms with E-state index in [1.165, 1.54) is 11.5 Å². The van der Waals surface area contributed by atoms with E-state index in [1.807, 2.05) is 30.0 Å². The van der Waals surface area contributed by atoms with Crippen molar-refractivity contribution in [3.05, 3.63) is 24.0 Å². The Balaban J connectivity index is 1.86. The molecule has 6 heteroatoms. The lowest BCUT2D eigenvalue weighted by atomic mass is 10.3. The summed E-state index contributed by atoms with van der Waals surface area (Å²) in [7, 11) is 0. The number of thioether (sulfide) groups is 1. The van der Waals surface area contributed by atoms with Crippen molar-refractivity contribution in [3.63, 3.8) is 0 Å². The van der Waals surface area contributed by atoms with Gasteiger partial charge in [-0.1, -0.05) is 0 Å². The first-order valence-electron chi connectivity index (χ1n) is 7.39. The number of benzene rings is 1. The standard InChI is InChI=1S/C15H22N4OS/c1-11(20)15-17-13-10-12(16)2-3-14(13)19(15)5-4-18-6-8-21-9-7-18/h2-3,10-11,20H,4-9,16H2,1H3. The van der Waals surface area contributed by atoms with Crippen LogP contribution in [0.4, 0.5) is 5.69 Å². The molecular weight excluding hydrogens is 284 g/mol. The molecule has 1 fully saturated rings. The number of anilines is 1. The van der Waals surface area contributed by atoms with Crippen LogP contribution in [0, 0.1) is 0 Å². The molecule has 3 N–H and O–H groups in total. The van der Waals surface area contributed by atoms with Crippen LogP contribution in [-0.2, 0) is 6.54 Å². The summed E-state index contributed by atoms with van der Waals surface area (Å²) in [6, 6.07) is 5.76. The number of nitrogen functional groups attached to an aromatic ring is 1. The molecule has 0 saturated carbocycles. The van der Waals surface area contributed by atoms with Gasteiger partial charge in [-0.2, -0.15) is 11.8 Å². The summed E-state index contributed by atoms with van der Waals surface area (Å²) in [5.74, 6) is 3.15. The van der Waals surface area contributed by atoms with Crippen molar-refractivity contribution in [2.24, 2.45) is 0 Å². The third-order valence-corrected chi connectivity index (χ3v) is 4.86. The van der Waals surface area contributed by atoms with E-state index in [1.54, 1.807) is 6.92 Å². The molecule has 21 heavy (non-hydrogen) atoms. The number of aliphatic hydroxyl groups is 1. The molecule has 1 saturated heterocycles. The van der Waals surface area contributed by atoms with Gasteiger partial charge < -0.3 is 15.4 Å². The second-order valence-corrected chi connectivity index (χ2v) is 6.72. The topological polar surface area (TPSA) is 67.3 Å². The van der Waals surface area contributed by atoms with Crippen LogP contribution in [0.1, 0.15) is 18.9 Å². The van der Waals surface area contributed by atoms with E-state index in [0.717, 1.165) is 43.0 Å². The van der Waals surface area contributed by atoms with Crippen LogP contribution in [0.2, 0.25) is 0 Å². The van der Waals surface area contributed by atoms with Gasteiger partial charge in [-0.25, -0.2) is 4.98 Å². The highest BCUT2D eigenvalue weighted by Crippen LogP contribution is 2.23. The number of imidazole rings is 1. The van der Waals surface area contributed by atoms with Crippen molar-refractivity contribution < 1.29 is 5.11 Å². The summed E-state index contributed by atoms with van der Waals surface area (Å²) < 4.78 is 2.13. The molecule has 1 aliphatic heterocycles. The Labute approximate surface area is 129 Å². The van der Waals surface area contributed by atoms with E-state index < -0.39 is 6.10 Å². The molecule has 0 radical (unpaired) electrons. The van der Waals surface area contributed by atoms with Crippen molar-refractivity contribution in [3.8, 4) is 0 Å². The number of fused-ring (bicyclic) bond motifs is 1. The predicted octanol–water partition coefficient (Wildman–Crippen LogP) is 1.72. The summed E-state index contributed by atoms with van der Waals surface area (Å²) in [4.78, 5) is 7.02. The summed E-state index contributed by atoms with van der Waals surface area (Å²) in [6.45, 7) is 5.91. The second kappa shape index (κ2) is 6.25. The molecule has 0 amide bonds. The highest BCUT2D eigenvalue weighted by atomic mass is 32.2. The van der Waals surface area contributed by atoms with Gasteiger partial charge in [0.2, 0.25) is 0 Å². The SMILES string of the molecule is CC(O)c1nc2cc(N)ccc2n1CCN1CCSCC1. The molecule has 3 rings (SSSR count). The number of nitrogens with zero attached hydrogens (tertiary/aromatic N) is 3. The van der Waals surface area contributed by atoms with Gasteiger partial charge in [-0.3, -0.25) is 4.90 Å². The fourth-order valence-electron chi connectivity index (χ4n) is 2.79. The lowest BCUT2D eigenvalue weighted by Gasteiger charge is -2.26. The molecule has 0 bridgehead atoms. The van der Waals surface area contributed by atoms with Crippen molar-refractivity contribution in [1.82, 2.24) is 14.5 Å². The number of aromatic nitrogens is 2. The molecule has 1 aromatic carbocycles. The van der Waals surface area contributed by atoms with Crippen molar-refractivity contribution in [2.45, 2.75) is 19.6 Å². The third-order valence-electron chi connectivity index (χ3n) is 3.92. The fraction of sp³-hybridized carbons (Fsp3) is 0.533. The summed E-state index contributed by atoms with van der Waals surface area (Å²) in [5.41, 5.74) is 8.44. The Bertz CT molecular complexity index is 619. The molecule has 5 nitrogen and oxygen atoms in total. The normalized spacial score (nSPS) is 18.2. The average molecular weight is 306 g/mol. The van der Waals surface area contributed by atoms with E-state index in [2.05, 4.69) is 14.5 Å². The van der Waals surface area contributed by atoms with Gasteiger partial charge in [0.1, 0.15) is 11.9 Å². The smallest absolute Gasteiger partial charge is 0.138 e. The van der Waals surface area contributed by atoms with Crippen molar-refractivity contribution >= 4 is 28.5 Å². The fourth-order valence-corrected chi connectivity index (χ4v) is 3.76. The third kappa shape index (κ3) is 3.17. The molecule has 1 atom stereocenters. The molecule has 0 spiro atoms. The molecular formula is C15H22N4OS. The van der Waals surface area contributed by atoms with Crippen LogP contribution in [0.3, 0.4) is 0 Å². The molecule has 2 aromatic rings. The molecule has 1 unspecified atom stereocenters. The quantitative estimate of drug-likeness (QED) is 0.842. The lowest BCUT2D eigenvalue weighted by Crippen LogP contribution is -2.35. The van der Waals surface area contributed by atoms with Crippen LogP contribution in [0.15, 0.2) is 18.2 Å². The average Bonchev–Trinajstić information content (AvgIpc) is 2.84. The maximum Gasteiger partial charge on any atom is 0.138 e. The lowest BCUT2D eigenvalue weighted by molar-refractivity contribution is 0.182. The van der Waals surface area contributed by atoms with E-state index in [9.17, 15) is 5.11 Å². The molecule has 114 valence electrons. The minimum atomic E-state index is -0.574. The Morgan fingerprint density at radius 1 is 1.33 bits per heavy atom. The Kier molecular flexibility index (Phi) is 4.37. The van der Waals surface area contributed by atoms with Crippen LogP contribution >= 0.6 is 11.8 Å². The minimum Gasteiger partial charge on any atom is -0.399 e. The number of hydrogen-bond donors (Lipinski definition) is 2. The monoisotopic (exact) mass is 306 g/mol. The van der Waals surface area contributed by atoms with Gasteiger partial charge >= 0.3 is 0 Å². The zero-order chi connectivity index (χ0) is 14.8. The Morgan fingerprint density at radius 3 is 2.81 bits per heavy atom. The minimum absolute atomic E-state index is 0.574. The largest absolute Gasteiger partial charge is 0.399 e. The Morgan fingerprint density at radius 2 is 2.10 bits per heavy atom. The molecule has 1 aromatic heterocycles. The first-order valence-corrected chi connectivity index (χ1v) is 8.54. The van der Waals surface area contributed by atoms with Gasteiger partial charge in [0.25, 0.3) is 0 Å². The second-order valence-electron chi connectivity index (χ2n) is 5.50. The number of hydrogen-bond acceptors (Lipinski definition) is 5. The number of rotatable bonds is 4. The zero-order valence-corrected chi connectivity index (χ0v) is 13.1. The number of nitrogens with two attached hydrogens (primary N) is 1. The van der Waals surface area contributed by atoms with Crippen molar-refractivity contribution in [2.75, 3.05) is 36.9 Å². The number of aliphatic hydroxyl groups excluding tert-OH is 1. The van der Waals surface area contributed by atoms with Gasteiger partial charge in [0.05, 0.1) is 11.0 Å². The van der Waals surface area contributed by atoms with Crippen LogP contribution in [0.5, 0.6) is 0 Å². The van der Waals surface area contributed by atoms with E-state index in [4.69, 9.17) is 5.73 Å². The molecule has 2 heterocycles.